The van der Waals surface area contributed by atoms with E-state index in [-0.39, 0.29) is 6.04 Å². The largest absolute Gasteiger partial charge is 0.378 e. The first kappa shape index (κ1) is 22.4. The Labute approximate surface area is 200 Å². The molecule has 2 aromatic heterocycles. The Hall–Kier alpha value is -2.35. The predicted molar refractivity (Wildman–Crippen MR) is 134 cm³/mol. The van der Waals surface area contributed by atoms with Gasteiger partial charge in [0.1, 0.15) is 16.9 Å². The summed E-state index contributed by atoms with van der Waals surface area (Å²) in [7, 11) is 0. The number of piperidine rings is 1. The number of nitrogens with zero attached hydrogens (tertiary/aromatic N) is 4. The smallest absolute Gasteiger partial charge is 0.162 e. The molecule has 7 heteroatoms. The number of fused-ring (bicyclic) bond motifs is 3. The Morgan fingerprint density at radius 3 is 2.61 bits per heavy atom. The molecule has 0 saturated carbocycles. The van der Waals surface area contributed by atoms with Gasteiger partial charge in [0.25, 0.3) is 0 Å². The number of ether oxygens (including phenoxy) is 1. The van der Waals surface area contributed by atoms with Crippen molar-refractivity contribution in [1.29, 1.82) is 0 Å². The molecule has 5 rings (SSSR count). The van der Waals surface area contributed by atoms with Gasteiger partial charge in [0.05, 0.1) is 11.8 Å². The van der Waals surface area contributed by atoms with E-state index in [4.69, 9.17) is 9.73 Å². The summed E-state index contributed by atoms with van der Waals surface area (Å²) in [5.74, 6) is 1.83. The molecule has 0 spiro atoms. The molecule has 0 unspecified atom stereocenters. The van der Waals surface area contributed by atoms with E-state index in [1.165, 1.54) is 26.6 Å². The molecule has 1 atom stereocenters. The summed E-state index contributed by atoms with van der Waals surface area (Å²) < 4.78 is 8.26. The van der Waals surface area contributed by atoms with E-state index in [1.54, 1.807) is 11.3 Å². The number of hydrogen-bond donors (Lipinski definition) is 1. The standard InChI is InChI=1S/C26H33N5OS/c1-16-18(3)33-26-23(16)24(28-17(2)25-30-29-19(4)31(25)26)21-9-7-20(8-10-21)6-5-15-32-22-11-13-27-14-12-22/h7-10,17,22,27H,5-6,11-15H2,1-4H3/t17-/m0/s1. The third-order valence-electron chi connectivity index (χ3n) is 6.83. The molecule has 174 valence electrons. The molecule has 33 heavy (non-hydrogen) atoms. The van der Waals surface area contributed by atoms with Crippen LogP contribution in [-0.2, 0) is 11.2 Å². The van der Waals surface area contributed by atoms with Crippen molar-refractivity contribution in [2.24, 2.45) is 4.99 Å². The first-order chi connectivity index (χ1) is 16.0. The molecule has 0 aliphatic carbocycles. The summed E-state index contributed by atoms with van der Waals surface area (Å²) in [5.41, 5.74) is 6.08. The lowest BCUT2D eigenvalue weighted by Crippen LogP contribution is -2.32. The van der Waals surface area contributed by atoms with Crippen LogP contribution in [0.25, 0.3) is 5.00 Å². The monoisotopic (exact) mass is 463 g/mol. The quantitative estimate of drug-likeness (QED) is 0.530. The van der Waals surface area contributed by atoms with E-state index >= 15 is 0 Å². The van der Waals surface area contributed by atoms with E-state index in [1.807, 2.05) is 6.92 Å². The minimum absolute atomic E-state index is 0.0488. The third-order valence-corrected chi connectivity index (χ3v) is 8.02. The Kier molecular flexibility index (Phi) is 6.45. The summed E-state index contributed by atoms with van der Waals surface area (Å²) >= 11 is 1.80. The third kappa shape index (κ3) is 4.42. The molecule has 2 aliphatic heterocycles. The van der Waals surface area contributed by atoms with Gasteiger partial charge in [-0.15, -0.1) is 21.5 Å². The first-order valence-corrected chi connectivity index (χ1v) is 12.9. The number of aliphatic imine (C=N–C) groups is 1. The molecule has 4 heterocycles. The second-order valence-corrected chi connectivity index (χ2v) is 10.4. The van der Waals surface area contributed by atoms with Crippen molar-refractivity contribution >= 4 is 17.0 Å². The van der Waals surface area contributed by atoms with E-state index in [0.717, 1.165) is 68.3 Å². The van der Waals surface area contributed by atoms with Crippen LogP contribution in [0, 0.1) is 20.8 Å². The van der Waals surface area contributed by atoms with E-state index in [2.05, 4.69) is 65.1 Å². The molecule has 1 saturated heterocycles. The van der Waals surface area contributed by atoms with Crippen LogP contribution in [0.2, 0.25) is 0 Å². The second-order valence-electron chi connectivity index (χ2n) is 9.18. The summed E-state index contributed by atoms with van der Waals surface area (Å²) in [5, 5.41) is 13.4. The van der Waals surface area contributed by atoms with Crippen LogP contribution >= 0.6 is 11.3 Å². The number of benzene rings is 1. The van der Waals surface area contributed by atoms with Crippen molar-refractivity contribution in [3.8, 4) is 5.00 Å². The molecule has 0 bridgehead atoms. The van der Waals surface area contributed by atoms with Gasteiger partial charge in [0.2, 0.25) is 0 Å². The number of aromatic nitrogens is 3. The lowest BCUT2D eigenvalue weighted by Gasteiger charge is -2.22. The molecule has 0 radical (unpaired) electrons. The normalized spacial score (nSPS) is 18.5. The zero-order valence-electron chi connectivity index (χ0n) is 20.0. The fourth-order valence-corrected chi connectivity index (χ4v) is 6.01. The fraction of sp³-hybridized carbons (Fsp3) is 0.500. The molecule has 3 aromatic rings. The number of hydrogen-bond acceptors (Lipinski definition) is 6. The van der Waals surface area contributed by atoms with E-state index in [0.29, 0.717) is 6.10 Å². The Balaban J connectivity index is 1.35. The number of aryl methyl sites for hydroxylation is 3. The average molecular weight is 464 g/mol. The minimum Gasteiger partial charge on any atom is -0.378 e. The molecule has 2 aliphatic rings. The number of rotatable bonds is 6. The molecular weight excluding hydrogens is 430 g/mol. The van der Waals surface area contributed by atoms with Gasteiger partial charge in [0, 0.05) is 22.6 Å². The average Bonchev–Trinajstić information content (AvgIpc) is 3.31. The van der Waals surface area contributed by atoms with Crippen LogP contribution in [0.5, 0.6) is 0 Å². The highest BCUT2D eigenvalue weighted by Gasteiger charge is 2.29. The van der Waals surface area contributed by atoms with Gasteiger partial charge >= 0.3 is 0 Å². The lowest BCUT2D eigenvalue weighted by molar-refractivity contribution is 0.0318. The van der Waals surface area contributed by atoms with Gasteiger partial charge in [-0.25, -0.2) is 0 Å². The Bertz CT molecular complexity index is 1150. The minimum atomic E-state index is -0.0488. The van der Waals surface area contributed by atoms with Crippen molar-refractivity contribution in [2.45, 2.75) is 65.5 Å². The number of nitrogens with one attached hydrogen (secondary N) is 1. The van der Waals surface area contributed by atoms with Gasteiger partial charge in [0.15, 0.2) is 5.82 Å². The summed E-state index contributed by atoms with van der Waals surface area (Å²) in [6.07, 6.45) is 4.79. The highest BCUT2D eigenvalue weighted by atomic mass is 32.1. The van der Waals surface area contributed by atoms with Gasteiger partial charge in [-0.05, 0) is 77.6 Å². The van der Waals surface area contributed by atoms with Crippen molar-refractivity contribution in [1.82, 2.24) is 20.1 Å². The van der Waals surface area contributed by atoms with Crippen LogP contribution < -0.4 is 5.32 Å². The second kappa shape index (κ2) is 9.49. The van der Waals surface area contributed by atoms with Crippen molar-refractivity contribution < 1.29 is 4.74 Å². The van der Waals surface area contributed by atoms with Crippen molar-refractivity contribution in [2.75, 3.05) is 19.7 Å². The van der Waals surface area contributed by atoms with E-state index in [9.17, 15) is 0 Å². The maximum Gasteiger partial charge on any atom is 0.162 e. The number of thiophene rings is 1. The molecule has 0 amide bonds. The molecular formula is C26H33N5OS. The van der Waals surface area contributed by atoms with Crippen LogP contribution in [0.1, 0.15) is 71.0 Å². The Morgan fingerprint density at radius 1 is 1.09 bits per heavy atom. The summed E-state index contributed by atoms with van der Waals surface area (Å²) in [6.45, 7) is 11.5. The van der Waals surface area contributed by atoms with Gasteiger partial charge in [-0.1, -0.05) is 24.3 Å². The Morgan fingerprint density at radius 2 is 1.85 bits per heavy atom. The van der Waals surface area contributed by atoms with Crippen LogP contribution in [0.15, 0.2) is 29.3 Å². The van der Waals surface area contributed by atoms with Crippen LogP contribution in [-0.4, -0.2) is 46.3 Å². The lowest BCUT2D eigenvalue weighted by atomic mass is 9.98. The maximum absolute atomic E-state index is 6.07. The zero-order valence-corrected chi connectivity index (χ0v) is 20.8. The highest BCUT2D eigenvalue weighted by molar-refractivity contribution is 7.15. The predicted octanol–water partition coefficient (Wildman–Crippen LogP) is 4.87. The molecule has 1 aromatic carbocycles. The summed E-state index contributed by atoms with van der Waals surface area (Å²) in [4.78, 5) is 6.46. The topological polar surface area (TPSA) is 64.3 Å². The molecule has 1 N–H and O–H groups in total. The fourth-order valence-electron chi connectivity index (χ4n) is 4.80. The van der Waals surface area contributed by atoms with Gasteiger partial charge in [-0.2, -0.15) is 0 Å². The van der Waals surface area contributed by atoms with Gasteiger partial charge in [-0.3, -0.25) is 9.56 Å². The highest BCUT2D eigenvalue weighted by Crippen LogP contribution is 2.38. The molecule has 1 fully saturated rings. The van der Waals surface area contributed by atoms with Crippen molar-refractivity contribution in [3.63, 3.8) is 0 Å². The SMILES string of the molecule is Cc1sc2c(c1C)C(c1ccc(CCCOC3CCNCC3)cc1)=N[C@@H](C)c1nnc(C)n1-2. The van der Waals surface area contributed by atoms with Crippen LogP contribution in [0.4, 0.5) is 0 Å². The van der Waals surface area contributed by atoms with Crippen LogP contribution in [0.3, 0.4) is 0 Å². The first-order valence-electron chi connectivity index (χ1n) is 12.0. The zero-order chi connectivity index (χ0) is 22.9. The van der Waals surface area contributed by atoms with Crippen molar-refractivity contribution in [3.05, 3.63) is 63.0 Å². The molecule has 6 nitrogen and oxygen atoms in total. The maximum atomic E-state index is 6.07. The van der Waals surface area contributed by atoms with E-state index < -0.39 is 0 Å². The summed E-state index contributed by atoms with van der Waals surface area (Å²) in [6, 6.07) is 8.90. The van der Waals surface area contributed by atoms with Gasteiger partial charge < -0.3 is 10.1 Å².